The van der Waals surface area contributed by atoms with Crippen molar-refractivity contribution in [3.05, 3.63) is 22.4 Å². The molecule has 0 aromatic carbocycles. The highest BCUT2D eigenvalue weighted by Crippen LogP contribution is 2.37. The van der Waals surface area contributed by atoms with Gasteiger partial charge in [0.05, 0.1) is 6.10 Å². The lowest BCUT2D eigenvalue weighted by atomic mass is 9.88. The molecule has 1 saturated carbocycles. The molecule has 1 amide bonds. The van der Waals surface area contributed by atoms with E-state index >= 15 is 0 Å². The van der Waals surface area contributed by atoms with E-state index in [0.717, 1.165) is 31.2 Å². The molecule has 1 fully saturated rings. The van der Waals surface area contributed by atoms with E-state index in [0.29, 0.717) is 6.54 Å². The summed E-state index contributed by atoms with van der Waals surface area (Å²) in [6.07, 6.45) is 3.62. The normalized spacial score (nSPS) is 20.1. The second-order valence-corrected chi connectivity index (χ2v) is 5.83. The number of nitrogens with one attached hydrogen (secondary N) is 1. The molecule has 94 valence electrons. The highest BCUT2D eigenvalue weighted by Gasteiger charge is 2.36. The molecule has 1 aliphatic carbocycles. The van der Waals surface area contributed by atoms with Gasteiger partial charge in [-0.1, -0.05) is 19.8 Å². The molecular formula is C13H19NO2S. The Balaban J connectivity index is 1.84. The van der Waals surface area contributed by atoms with Gasteiger partial charge in [-0.15, -0.1) is 0 Å². The molecule has 1 aromatic rings. The Morgan fingerprint density at radius 2 is 2.29 bits per heavy atom. The number of rotatable bonds is 4. The second-order valence-electron chi connectivity index (χ2n) is 5.05. The van der Waals surface area contributed by atoms with E-state index in [9.17, 15) is 9.90 Å². The van der Waals surface area contributed by atoms with E-state index in [4.69, 9.17) is 0 Å². The Morgan fingerprint density at radius 1 is 1.59 bits per heavy atom. The van der Waals surface area contributed by atoms with E-state index in [-0.39, 0.29) is 11.3 Å². The third-order valence-electron chi connectivity index (χ3n) is 3.64. The molecular weight excluding hydrogens is 234 g/mol. The number of carbonyl (C=O) groups excluding carboxylic acids is 1. The van der Waals surface area contributed by atoms with Crippen LogP contribution in [0, 0.1) is 5.41 Å². The van der Waals surface area contributed by atoms with Gasteiger partial charge in [-0.25, -0.2) is 0 Å². The molecule has 1 unspecified atom stereocenters. The Kier molecular flexibility index (Phi) is 3.84. The largest absolute Gasteiger partial charge is 0.387 e. The molecule has 3 nitrogen and oxygen atoms in total. The third-order valence-corrected chi connectivity index (χ3v) is 4.34. The molecule has 0 aliphatic heterocycles. The summed E-state index contributed by atoms with van der Waals surface area (Å²) in [4.78, 5) is 12.0. The van der Waals surface area contributed by atoms with Gasteiger partial charge in [0.2, 0.25) is 5.91 Å². The van der Waals surface area contributed by atoms with Crippen LogP contribution in [-0.2, 0) is 4.79 Å². The summed E-state index contributed by atoms with van der Waals surface area (Å²) >= 11 is 1.55. The highest BCUT2D eigenvalue weighted by atomic mass is 32.1. The van der Waals surface area contributed by atoms with E-state index < -0.39 is 6.10 Å². The molecule has 17 heavy (non-hydrogen) atoms. The number of amides is 1. The standard InChI is InChI=1S/C13H19NO2S/c1-13(5-2-3-6-13)12(16)14-8-11(15)10-4-7-17-9-10/h4,7,9,11,15H,2-3,5-6,8H2,1H3,(H,14,16). The average molecular weight is 253 g/mol. The molecule has 4 heteroatoms. The predicted octanol–water partition coefficient (Wildman–Crippen LogP) is 2.48. The number of thiophene rings is 1. The van der Waals surface area contributed by atoms with Crippen LogP contribution in [0.5, 0.6) is 0 Å². The fraction of sp³-hybridized carbons (Fsp3) is 0.615. The Bertz CT molecular complexity index is 369. The number of aliphatic hydroxyl groups is 1. The number of aliphatic hydroxyl groups excluding tert-OH is 1. The predicted molar refractivity (Wildman–Crippen MR) is 68.9 cm³/mol. The van der Waals surface area contributed by atoms with Crippen LogP contribution in [0.4, 0.5) is 0 Å². The van der Waals surface area contributed by atoms with Gasteiger partial charge in [0, 0.05) is 12.0 Å². The average Bonchev–Trinajstić information content (AvgIpc) is 2.96. The van der Waals surface area contributed by atoms with Crippen molar-refractivity contribution in [2.45, 2.75) is 38.7 Å². The zero-order chi connectivity index (χ0) is 12.3. The van der Waals surface area contributed by atoms with Crippen LogP contribution in [-0.4, -0.2) is 17.6 Å². The van der Waals surface area contributed by atoms with E-state index in [2.05, 4.69) is 5.32 Å². The maximum atomic E-state index is 12.0. The first-order chi connectivity index (χ1) is 8.12. The third kappa shape index (κ3) is 2.87. The van der Waals surface area contributed by atoms with Crippen molar-refractivity contribution >= 4 is 17.2 Å². The lowest BCUT2D eigenvalue weighted by Crippen LogP contribution is -2.39. The van der Waals surface area contributed by atoms with Gasteiger partial charge in [0.15, 0.2) is 0 Å². The Hall–Kier alpha value is -0.870. The van der Waals surface area contributed by atoms with E-state index in [1.54, 1.807) is 11.3 Å². The smallest absolute Gasteiger partial charge is 0.226 e. The van der Waals surface area contributed by atoms with Gasteiger partial charge in [-0.05, 0) is 35.2 Å². The van der Waals surface area contributed by atoms with Crippen molar-refractivity contribution in [1.29, 1.82) is 0 Å². The van der Waals surface area contributed by atoms with Crippen molar-refractivity contribution in [2.75, 3.05) is 6.54 Å². The molecule has 0 spiro atoms. The second kappa shape index (κ2) is 5.19. The van der Waals surface area contributed by atoms with Crippen LogP contribution in [0.1, 0.15) is 44.3 Å². The maximum absolute atomic E-state index is 12.0. The number of hydrogen-bond acceptors (Lipinski definition) is 3. The quantitative estimate of drug-likeness (QED) is 0.866. The van der Waals surface area contributed by atoms with Gasteiger partial charge < -0.3 is 10.4 Å². The molecule has 1 atom stereocenters. The minimum Gasteiger partial charge on any atom is -0.387 e. The van der Waals surface area contributed by atoms with E-state index in [1.165, 1.54) is 0 Å². The van der Waals surface area contributed by atoms with E-state index in [1.807, 2.05) is 23.8 Å². The summed E-state index contributed by atoms with van der Waals surface area (Å²) in [5, 5.41) is 16.6. The first kappa shape index (κ1) is 12.6. The highest BCUT2D eigenvalue weighted by molar-refractivity contribution is 7.07. The molecule has 1 aromatic heterocycles. The molecule has 0 saturated heterocycles. The van der Waals surface area contributed by atoms with Gasteiger partial charge in [0.25, 0.3) is 0 Å². The van der Waals surface area contributed by atoms with Crippen LogP contribution in [0.2, 0.25) is 0 Å². The summed E-state index contributed by atoms with van der Waals surface area (Å²) < 4.78 is 0. The summed E-state index contributed by atoms with van der Waals surface area (Å²) in [7, 11) is 0. The summed E-state index contributed by atoms with van der Waals surface area (Å²) in [6, 6.07) is 1.89. The van der Waals surface area contributed by atoms with Crippen molar-refractivity contribution in [3.63, 3.8) is 0 Å². The molecule has 0 radical (unpaired) electrons. The van der Waals surface area contributed by atoms with Gasteiger partial charge >= 0.3 is 0 Å². The zero-order valence-electron chi connectivity index (χ0n) is 10.1. The first-order valence-corrected chi connectivity index (χ1v) is 7.04. The van der Waals surface area contributed by atoms with Crippen molar-refractivity contribution in [1.82, 2.24) is 5.32 Å². The SMILES string of the molecule is CC1(C(=O)NCC(O)c2ccsc2)CCCC1. The lowest BCUT2D eigenvalue weighted by Gasteiger charge is -2.23. The maximum Gasteiger partial charge on any atom is 0.226 e. The van der Waals surface area contributed by atoms with Crippen LogP contribution >= 0.6 is 11.3 Å². The van der Waals surface area contributed by atoms with Crippen molar-refractivity contribution in [3.8, 4) is 0 Å². The van der Waals surface area contributed by atoms with Gasteiger partial charge in [-0.2, -0.15) is 11.3 Å². The summed E-state index contributed by atoms with van der Waals surface area (Å²) in [5.74, 6) is 0.0873. The number of hydrogen-bond donors (Lipinski definition) is 2. The zero-order valence-corrected chi connectivity index (χ0v) is 10.9. The molecule has 2 rings (SSSR count). The topological polar surface area (TPSA) is 49.3 Å². The van der Waals surface area contributed by atoms with Crippen LogP contribution in [0.25, 0.3) is 0 Å². The van der Waals surface area contributed by atoms with Crippen LogP contribution < -0.4 is 5.32 Å². The lowest BCUT2D eigenvalue weighted by molar-refractivity contribution is -0.130. The van der Waals surface area contributed by atoms with Crippen molar-refractivity contribution in [2.24, 2.45) is 5.41 Å². The Labute approximate surface area is 106 Å². The van der Waals surface area contributed by atoms with Crippen LogP contribution in [0.15, 0.2) is 16.8 Å². The Morgan fingerprint density at radius 3 is 2.88 bits per heavy atom. The summed E-state index contributed by atoms with van der Waals surface area (Å²) in [5.41, 5.74) is 0.667. The summed E-state index contributed by atoms with van der Waals surface area (Å²) in [6.45, 7) is 2.33. The minimum absolute atomic E-state index is 0.0873. The fourth-order valence-electron chi connectivity index (χ4n) is 2.37. The van der Waals surface area contributed by atoms with Crippen LogP contribution in [0.3, 0.4) is 0 Å². The van der Waals surface area contributed by atoms with Gasteiger partial charge in [0.1, 0.15) is 0 Å². The molecule has 1 heterocycles. The minimum atomic E-state index is -0.588. The molecule has 0 bridgehead atoms. The number of carbonyl (C=O) groups is 1. The monoisotopic (exact) mass is 253 g/mol. The van der Waals surface area contributed by atoms with Crippen molar-refractivity contribution < 1.29 is 9.90 Å². The molecule has 2 N–H and O–H groups in total. The molecule has 1 aliphatic rings. The van der Waals surface area contributed by atoms with Gasteiger partial charge in [-0.3, -0.25) is 4.79 Å². The fourth-order valence-corrected chi connectivity index (χ4v) is 3.07. The first-order valence-electron chi connectivity index (χ1n) is 6.10.